The number of rotatable bonds is 5. The van der Waals surface area contributed by atoms with E-state index in [-0.39, 0.29) is 17.8 Å². The zero-order chi connectivity index (χ0) is 14.6. The predicted molar refractivity (Wildman–Crippen MR) is 77.5 cm³/mol. The van der Waals surface area contributed by atoms with Crippen LogP contribution >= 0.6 is 0 Å². The maximum Gasteiger partial charge on any atom is 0.159 e. The summed E-state index contributed by atoms with van der Waals surface area (Å²) < 4.78 is 16.6. The van der Waals surface area contributed by atoms with Crippen molar-refractivity contribution in [3.05, 3.63) is 0 Å². The quantitative estimate of drug-likeness (QED) is 0.790. The van der Waals surface area contributed by atoms with Gasteiger partial charge >= 0.3 is 0 Å². The largest absolute Gasteiger partial charge is 0.390 e. The van der Waals surface area contributed by atoms with E-state index in [9.17, 15) is 5.11 Å². The fourth-order valence-corrected chi connectivity index (χ4v) is 3.87. The molecular formula is C16H30O4. The number of methoxy groups -OCH3 is 2. The van der Waals surface area contributed by atoms with Gasteiger partial charge in [0.2, 0.25) is 0 Å². The molecule has 118 valence electrons. The van der Waals surface area contributed by atoms with Crippen molar-refractivity contribution in [2.45, 2.75) is 75.8 Å². The minimum atomic E-state index is -0.759. The first kappa shape index (κ1) is 16.2. The molecule has 1 aliphatic heterocycles. The smallest absolute Gasteiger partial charge is 0.159 e. The monoisotopic (exact) mass is 286 g/mol. The van der Waals surface area contributed by atoms with Gasteiger partial charge in [0.25, 0.3) is 0 Å². The molecule has 0 aromatic rings. The third kappa shape index (κ3) is 3.73. The van der Waals surface area contributed by atoms with Crippen LogP contribution in [-0.2, 0) is 14.2 Å². The molecule has 0 radical (unpaired) electrons. The van der Waals surface area contributed by atoms with E-state index in [1.54, 1.807) is 14.2 Å². The summed E-state index contributed by atoms with van der Waals surface area (Å²) in [4.78, 5) is 0. The average molecular weight is 286 g/mol. The van der Waals surface area contributed by atoms with E-state index in [0.29, 0.717) is 6.42 Å². The summed E-state index contributed by atoms with van der Waals surface area (Å²) in [6, 6.07) is 0. The zero-order valence-corrected chi connectivity index (χ0v) is 13.2. The van der Waals surface area contributed by atoms with Crippen LogP contribution in [0, 0.1) is 5.92 Å². The van der Waals surface area contributed by atoms with Gasteiger partial charge in [-0.2, -0.15) is 0 Å². The molecule has 0 aromatic heterocycles. The number of ether oxygens (including phenoxy) is 3. The molecule has 1 saturated carbocycles. The second-order valence-corrected chi connectivity index (χ2v) is 6.74. The Bertz CT molecular complexity index is 287. The Labute approximate surface area is 122 Å². The topological polar surface area (TPSA) is 47.9 Å². The zero-order valence-electron chi connectivity index (χ0n) is 13.2. The molecular weight excluding hydrogens is 256 g/mol. The summed E-state index contributed by atoms with van der Waals surface area (Å²) in [5.41, 5.74) is -0.730. The summed E-state index contributed by atoms with van der Waals surface area (Å²) in [5.74, 6) is 0.266. The summed E-state index contributed by atoms with van der Waals surface area (Å²) >= 11 is 0. The maximum absolute atomic E-state index is 10.9. The van der Waals surface area contributed by atoms with E-state index >= 15 is 0 Å². The second kappa shape index (κ2) is 6.73. The summed E-state index contributed by atoms with van der Waals surface area (Å²) in [7, 11) is 3.24. The van der Waals surface area contributed by atoms with Gasteiger partial charge < -0.3 is 19.3 Å². The van der Waals surface area contributed by atoms with E-state index in [1.165, 1.54) is 19.3 Å². The Kier molecular flexibility index (Phi) is 5.46. The summed E-state index contributed by atoms with van der Waals surface area (Å²) in [5, 5.41) is 10.9. The summed E-state index contributed by atoms with van der Waals surface area (Å²) in [6.45, 7) is 2.69. The molecule has 2 rings (SSSR count). The van der Waals surface area contributed by atoms with Crippen molar-refractivity contribution in [1.82, 2.24) is 0 Å². The highest BCUT2D eigenvalue weighted by Crippen LogP contribution is 2.44. The normalized spacial score (nSPS) is 29.6. The minimum absolute atomic E-state index is 0.0286. The highest BCUT2D eigenvalue weighted by atomic mass is 16.7. The van der Waals surface area contributed by atoms with Gasteiger partial charge in [-0.25, -0.2) is 0 Å². The molecule has 2 fully saturated rings. The van der Waals surface area contributed by atoms with Crippen LogP contribution in [0.2, 0.25) is 0 Å². The maximum atomic E-state index is 10.9. The molecule has 0 bridgehead atoms. The standard InChI is InChI=1S/C16H30O4/c1-15(17,12-14(18-2)19-3)13-7-10-20-16(11-13)8-5-4-6-9-16/h13-14,17H,4-12H2,1-3H3. The fraction of sp³-hybridized carbons (Fsp3) is 1.00. The van der Waals surface area contributed by atoms with Crippen LogP contribution in [0.4, 0.5) is 0 Å². The van der Waals surface area contributed by atoms with Crippen LogP contribution in [0.1, 0.15) is 58.3 Å². The fourth-order valence-electron chi connectivity index (χ4n) is 3.87. The van der Waals surface area contributed by atoms with Crippen LogP contribution in [0.3, 0.4) is 0 Å². The van der Waals surface area contributed by atoms with Gasteiger partial charge in [-0.1, -0.05) is 19.3 Å². The molecule has 2 unspecified atom stereocenters. The molecule has 1 saturated heterocycles. The molecule has 2 atom stereocenters. The van der Waals surface area contributed by atoms with Crippen LogP contribution in [0.25, 0.3) is 0 Å². The number of hydrogen-bond donors (Lipinski definition) is 1. The Morgan fingerprint density at radius 1 is 1.25 bits per heavy atom. The third-order valence-electron chi connectivity index (χ3n) is 5.24. The average Bonchev–Trinajstić information content (AvgIpc) is 2.45. The summed E-state index contributed by atoms with van der Waals surface area (Å²) in [6.07, 6.45) is 8.21. The first-order valence-electron chi connectivity index (χ1n) is 7.93. The predicted octanol–water partition coefficient (Wildman–Crippen LogP) is 2.88. The van der Waals surface area contributed by atoms with Crippen molar-refractivity contribution < 1.29 is 19.3 Å². The molecule has 0 amide bonds. The lowest BCUT2D eigenvalue weighted by Gasteiger charge is -2.47. The van der Waals surface area contributed by atoms with E-state index in [4.69, 9.17) is 14.2 Å². The van der Waals surface area contributed by atoms with Crippen molar-refractivity contribution in [1.29, 1.82) is 0 Å². The van der Waals surface area contributed by atoms with Gasteiger partial charge in [-0.3, -0.25) is 0 Å². The van der Waals surface area contributed by atoms with Gasteiger partial charge in [-0.15, -0.1) is 0 Å². The van der Waals surface area contributed by atoms with E-state index in [1.807, 2.05) is 6.92 Å². The van der Waals surface area contributed by atoms with Crippen molar-refractivity contribution in [2.24, 2.45) is 5.92 Å². The van der Waals surface area contributed by atoms with Crippen molar-refractivity contribution >= 4 is 0 Å². The van der Waals surface area contributed by atoms with Gasteiger partial charge in [-0.05, 0) is 38.5 Å². The van der Waals surface area contributed by atoms with Crippen molar-refractivity contribution in [3.63, 3.8) is 0 Å². The van der Waals surface area contributed by atoms with Crippen molar-refractivity contribution in [3.8, 4) is 0 Å². The van der Waals surface area contributed by atoms with Crippen LogP contribution in [0.15, 0.2) is 0 Å². The van der Waals surface area contributed by atoms with Gasteiger partial charge in [0.15, 0.2) is 6.29 Å². The molecule has 0 aromatic carbocycles. The van der Waals surface area contributed by atoms with Crippen LogP contribution in [-0.4, -0.2) is 43.4 Å². The first-order valence-corrected chi connectivity index (χ1v) is 7.93. The van der Waals surface area contributed by atoms with E-state index in [0.717, 1.165) is 32.3 Å². The van der Waals surface area contributed by atoms with Crippen LogP contribution < -0.4 is 0 Å². The molecule has 4 nitrogen and oxygen atoms in total. The first-order chi connectivity index (χ1) is 9.51. The molecule has 1 N–H and O–H groups in total. The number of aliphatic hydroxyl groups is 1. The highest BCUT2D eigenvalue weighted by molar-refractivity contribution is 4.95. The van der Waals surface area contributed by atoms with Crippen LogP contribution in [0.5, 0.6) is 0 Å². The Hall–Kier alpha value is -0.160. The second-order valence-electron chi connectivity index (χ2n) is 6.74. The highest BCUT2D eigenvalue weighted by Gasteiger charge is 2.45. The van der Waals surface area contributed by atoms with Gasteiger partial charge in [0.05, 0.1) is 11.2 Å². The molecule has 1 spiro atoms. The Morgan fingerprint density at radius 2 is 1.90 bits per heavy atom. The lowest BCUT2D eigenvalue weighted by molar-refractivity contribution is -0.184. The molecule has 2 aliphatic rings. The minimum Gasteiger partial charge on any atom is -0.390 e. The molecule has 1 aliphatic carbocycles. The lowest BCUT2D eigenvalue weighted by Crippen LogP contribution is -2.49. The molecule has 20 heavy (non-hydrogen) atoms. The van der Waals surface area contributed by atoms with E-state index < -0.39 is 5.60 Å². The number of hydrogen-bond acceptors (Lipinski definition) is 4. The molecule has 1 heterocycles. The van der Waals surface area contributed by atoms with Gasteiger partial charge in [0.1, 0.15) is 0 Å². The van der Waals surface area contributed by atoms with Gasteiger partial charge in [0, 0.05) is 27.2 Å². The lowest BCUT2D eigenvalue weighted by atomic mass is 9.70. The third-order valence-corrected chi connectivity index (χ3v) is 5.24. The van der Waals surface area contributed by atoms with E-state index in [2.05, 4.69) is 0 Å². The Balaban J connectivity index is 1.99. The Morgan fingerprint density at radius 3 is 2.50 bits per heavy atom. The molecule has 4 heteroatoms. The SMILES string of the molecule is COC(CC(C)(O)C1CCOC2(CCCCC2)C1)OC. The van der Waals surface area contributed by atoms with Crippen molar-refractivity contribution in [2.75, 3.05) is 20.8 Å².